The van der Waals surface area contributed by atoms with Crippen molar-refractivity contribution in [3.8, 4) is 0 Å². The van der Waals surface area contributed by atoms with Crippen molar-refractivity contribution in [1.29, 1.82) is 0 Å². The average Bonchev–Trinajstić information content (AvgIpc) is 2.97. The molecule has 1 amide bonds. The van der Waals surface area contributed by atoms with E-state index < -0.39 is 0 Å². The van der Waals surface area contributed by atoms with Crippen LogP contribution >= 0.6 is 31.9 Å². The maximum atomic E-state index is 12.8. The Balaban J connectivity index is 1.80. The number of fused-ring (bicyclic) bond motifs is 1. The van der Waals surface area contributed by atoms with Gasteiger partial charge >= 0.3 is 0 Å². The molecule has 0 radical (unpaired) electrons. The predicted octanol–water partition coefficient (Wildman–Crippen LogP) is 4.78. The van der Waals surface area contributed by atoms with Crippen LogP contribution in [0.5, 0.6) is 0 Å². The Labute approximate surface area is 158 Å². The van der Waals surface area contributed by atoms with Crippen LogP contribution < -0.4 is 10.2 Å². The molecule has 2 heterocycles. The number of hydrogen-bond donors (Lipinski definition) is 1. The van der Waals surface area contributed by atoms with Crippen LogP contribution in [0.4, 0.5) is 11.5 Å². The zero-order valence-corrected chi connectivity index (χ0v) is 16.6. The first-order valence-electron chi connectivity index (χ1n) is 8.06. The molecule has 0 spiro atoms. The highest BCUT2D eigenvalue weighted by Gasteiger charge is 2.30. The van der Waals surface area contributed by atoms with Crippen molar-refractivity contribution < 1.29 is 4.79 Å². The van der Waals surface area contributed by atoms with Gasteiger partial charge < -0.3 is 10.2 Å². The number of amides is 1. The Morgan fingerprint density at radius 3 is 2.79 bits per heavy atom. The lowest BCUT2D eigenvalue weighted by atomic mass is 10.1. The van der Waals surface area contributed by atoms with E-state index >= 15 is 0 Å². The fourth-order valence-electron chi connectivity index (χ4n) is 3.08. The summed E-state index contributed by atoms with van der Waals surface area (Å²) in [7, 11) is 0. The molecular formula is C18H19Br2N3O. The second kappa shape index (κ2) is 7.66. The quantitative estimate of drug-likeness (QED) is 0.710. The van der Waals surface area contributed by atoms with Gasteiger partial charge in [-0.2, -0.15) is 0 Å². The molecule has 6 heteroatoms. The Kier molecular flexibility index (Phi) is 5.56. The van der Waals surface area contributed by atoms with Gasteiger partial charge in [0.05, 0.1) is 0 Å². The number of carbonyl (C=O) groups is 1. The summed E-state index contributed by atoms with van der Waals surface area (Å²) in [6, 6.07) is 9.78. The molecule has 3 rings (SSSR count). The van der Waals surface area contributed by atoms with Gasteiger partial charge in [-0.25, -0.2) is 4.98 Å². The van der Waals surface area contributed by atoms with E-state index in [1.165, 1.54) is 5.56 Å². The lowest BCUT2D eigenvalue weighted by Crippen LogP contribution is -2.43. The minimum atomic E-state index is -0.178. The average molecular weight is 453 g/mol. The molecule has 24 heavy (non-hydrogen) atoms. The van der Waals surface area contributed by atoms with E-state index in [0.717, 1.165) is 40.4 Å². The van der Waals surface area contributed by atoms with Gasteiger partial charge in [0.25, 0.3) is 0 Å². The largest absolute Gasteiger partial charge is 0.359 e. The molecule has 4 nitrogen and oxygen atoms in total. The van der Waals surface area contributed by atoms with Crippen LogP contribution in [0.15, 0.2) is 45.5 Å². The second-order valence-corrected chi connectivity index (χ2v) is 7.70. The molecule has 1 unspecified atom stereocenters. The molecule has 0 aliphatic carbocycles. The molecular weight excluding hydrogens is 434 g/mol. The highest BCUT2D eigenvalue weighted by Crippen LogP contribution is 2.33. The number of nitrogens with one attached hydrogen (secondary N) is 1. The summed E-state index contributed by atoms with van der Waals surface area (Å²) in [5.74, 6) is 0.585. The summed E-state index contributed by atoms with van der Waals surface area (Å²) in [6.45, 7) is 2.98. The first-order chi connectivity index (χ1) is 11.6. The lowest BCUT2D eigenvalue weighted by Gasteiger charge is -2.29. The highest BCUT2D eigenvalue weighted by molar-refractivity contribution is 9.10. The normalized spacial score (nSPS) is 14.4. The first kappa shape index (κ1) is 17.4. The van der Waals surface area contributed by atoms with Gasteiger partial charge in [-0.3, -0.25) is 4.79 Å². The van der Waals surface area contributed by atoms with Crippen LogP contribution in [0.2, 0.25) is 0 Å². The number of anilines is 2. The number of aromatic nitrogens is 1. The number of halogens is 2. The topological polar surface area (TPSA) is 45.2 Å². The summed E-state index contributed by atoms with van der Waals surface area (Å²) in [5, 5.41) is 2.95. The Bertz CT molecular complexity index is 734. The van der Waals surface area contributed by atoms with Crippen molar-refractivity contribution in [3.05, 3.63) is 51.0 Å². The van der Waals surface area contributed by atoms with Crippen molar-refractivity contribution in [2.75, 3.05) is 16.8 Å². The summed E-state index contributed by atoms with van der Waals surface area (Å²) in [4.78, 5) is 19.3. The molecule has 0 bridgehead atoms. The number of pyridine rings is 1. The fraction of sp³-hybridized carbons (Fsp3) is 0.333. The van der Waals surface area contributed by atoms with Gasteiger partial charge in [0.2, 0.25) is 5.91 Å². The maximum Gasteiger partial charge on any atom is 0.248 e. The third-order valence-electron chi connectivity index (χ3n) is 4.19. The van der Waals surface area contributed by atoms with Gasteiger partial charge in [-0.05, 0) is 64.7 Å². The van der Waals surface area contributed by atoms with Gasteiger partial charge in [-0.1, -0.05) is 29.3 Å². The molecule has 0 saturated heterocycles. The summed E-state index contributed by atoms with van der Waals surface area (Å²) < 4.78 is 1.98. The van der Waals surface area contributed by atoms with E-state index in [2.05, 4.69) is 66.1 Å². The van der Waals surface area contributed by atoms with Gasteiger partial charge in [-0.15, -0.1) is 0 Å². The van der Waals surface area contributed by atoms with E-state index in [1.54, 1.807) is 12.3 Å². The molecule has 1 N–H and O–H groups in total. The third-order valence-corrected chi connectivity index (χ3v) is 5.15. The van der Waals surface area contributed by atoms with Gasteiger partial charge in [0.15, 0.2) is 0 Å². The Hall–Kier alpha value is -1.40. The monoisotopic (exact) mass is 451 g/mol. The molecule has 1 atom stereocenters. The number of nitrogens with zero attached hydrogens (tertiary/aromatic N) is 2. The molecule has 1 aromatic heterocycles. The molecule has 0 fully saturated rings. The zero-order chi connectivity index (χ0) is 17.1. The van der Waals surface area contributed by atoms with E-state index in [1.807, 2.05) is 12.1 Å². The van der Waals surface area contributed by atoms with Crippen molar-refractivity contribution in [2.24, 2.45) is 0 Å². The molecule has 2 aromatic rings. The van der Waals surface area contributed by atoms with E-state index in [-0.39, 0.29) is 11.9 Å². The van der Waals surface area contributed by atoms with Crippen LogP contribution in [0.1, 0.15) is 25.3 Å². The second-order valence-electron chi connectivity index (χ2n) is 5.87. The SMILES string of the molecule is CCCC(C(=O)Nc1ccc(Br)cn1)N1CCc2cc(Br)ccc21. The third kappa shape index (κ3) is 3.81. The van der Waals surface area contributed by atoms with Crippen LogP contribution in [-0.2, 0) is 11.2 Å². The van der Waals surface area contributed by atoms with Crippen molar-refractivity contribution in [2.45, 2.75) is 32.2 Å². The summed E-state index contributed by atoms with van der Waals surface area (Å²) >= 11 is 6.88. The zero-order valence-electron chi connectivity index (χ0n) is 13.4. The fourth-order valence-corrected chi connectivity index (χ4v) is 3.72. The Morgan fingerprint density at radius 2 is 2.08 bits per heavy atom. The van der Waals surface area contributed by atoms with E-state index in [9.17, 15) is 4.79 Å². The lowest BCUT2D eigenvalue weighted by molar-refractivity contribution is -0.117. The van der Waals surface area contributed by atoms with Gasteiger partial charge in [0.1, 0.15) is 11.9 Å². The standard InChI is InChI=1S/C18H19Br2N3O/c1-2-3-16(18(24)22-17-7-5-14(20)11-21-17)23-9-8-12-10-13(19)4-6-15(12)23/h4-7,10-11,16H,2-3,8-9H2,1H3,(H,21,22,24). The van der Waals surface area contributed by atoms with Crippen LogP contribution in [0, 0.1) is 0 Å². The predicted molar refractivity (Wildman–Crippen MR) is 104 cm³/mol. The molecule has 1 aromatic carbocycles. The van der Waals surface area contributed by atoms with Gasteiger partial charge in [0, 0.05) is 27.4 Å². The van der Waals surface area contributed by atoms with Crippen LogP contribution in [0.25, 0.3) is 0 Å². The molecule has 1 aliphatic rings. The van der Waals surface area contributed by atoms with E-state index in [0.29, 0.717) is 5.82 Å². The smallest absolute Gasteiger partial charge is 0.248 e. The summed E-state index contributed by atoms with van der Waals surface area (Å²) in [5.41, 5.74) is 2.45. The maximum absolute atomic E-state index is 12.8. The summed E-state index contributed by atoms with van der Waals surface area (Å²) in [6.07, 6.45) is 4.43. The van der Waals surface area contributed by atoms with Crippen LogP contribution in [0.3, 0.4) is 0 Å². The minimum absolute atomic E-state index is 0.00226. The first-order valence-corrected chi connectivity index (χ1v) is 9.64. The number of carbonyl (C=O) groups excluding carboxylic acids is 1. The number of hydrogen-bond acceptors (Lipinski definition) is 3. The molecule has 0 saturated carbocycles. The number of benzene rings is 1. The highest BCUT2D eigenvalue weighted by atomic mass is 79.9. The van der Waals surface area contributed by atoms with Crippen molar-refractivity contribution in [3.63, 3.8) is 0 Å². The molecule has 126 valence electrons. The Morgan fingerprint density at radius 1 is 1.29 bits per heavy atom. The molecule has 1 aliphatic heterocycles. The minimum Gasteiger partial charge on any atom is -0.359 e. The van der Waals surface area contributed by atoms with Crippen LogP contribution in [-0.4, -0.2) is 23.5 Å². The van der Waals surface area contributed by atoms with Crippen molar-refractivity contribution >= 4 is 49.3 Å². The van der Waals surface area contributed by atoms with Crippen molar-refractivity contribution in [1.82, 2.24) is 4.98 Å². The number of rotatable bonds is 5. The van der Waals surface area contributed by atoms with E-state index in [4.69, 9.17) is 0 Å².